The molecule has 0 saturated carbocycles. The van der Waals surface area contributed by atoms with Crippen LogP contribution in [0, 0.1) is 0 Å². The molecule has 3 N–H and O–H groups in total. The number of hydrogen-bond acceptors (Lipinski definition) is 4. The van der Waals surface area contributed by atoms with Gasteiger partial charge in [-0.3, -0.25) is 0 Å². The first-order chi connectivity index (χ1) is 7.75. The highest BCUT2D eigenvalue weighted by Crippen LogP contribution is 2.35. The lowest BCUT2D eigenvalue weighted by Crippen LogP contribution is -2.32. The molecule has 2 aliphatic heterocycles. The molecule has 0 spiro atoms. The maximum absolute atomic E-state index is 5.94. The lowest BCUT2D eigenvalue weighted by atomic mass is 10.0. The summed E-state index contributed by atoms with van der Waals surface area (Å²) in [5, 5.41) is 7.65. The fourth-order valence-electron chi connectivity index (χ4n) is 2.73. The van der Waals surface area contributed by atoms with Gasteiger partial charge in [0.2, 0.25) is 0 Å². The third kappa shape index (κ3) is 1.46. The highest BCUT2D eigenvalue weighted by Gasteiger charge is 2.34. The summed E-state index contributed by atoms with van der Waals surface area (Å²) in [6.45, 7) is 3.09. The van der Waals surface area contributed by atoms with Crippen LogP contribution in [0.1, 0.15) is 32.2 Å². The van der Waals surface area contributed by atoms with Gasteiger partial charge in [0.25, 0.3) is 0 Å². The van der Waals surface area contributed by atoms with Gasteiger partial charge in [-0.2, -0.15) is 5.10 Å². The Bertz CT molecular complexity index is 389. The van der Waals surface area contributed by atoms with Crippen LogP contribution in [-0.2, 0) is 4.74 Å². The fourth-order valence-corrected chi connectivity index (χ4v) is 2.73. The zero-order valence-corrected chi connectivity index (χ0v) is 9.52. The first kappa shape index (κ1) is 9.96. The quantitative estimate of drug-likeness (QED) is 0.753. The maximum Gasteiger partial charge on any atom is 0.148 e. The largest absolute Gasteiger partial charge is 0.394 e. The molecule has 1 fully saturated rings. The van der Waals surface area contributed by atoms with E-state index in [-0.39, 0.29) is 0 Å². The smallest absolute Gasteiger partial charge is 0.148 e. The van der Waals surface area contributed by atoms with Crippen molar-refractivity contribution in [3.8, 4) is 0 Å². The molecule has 0 radical (unpaired) electrons. The Morgan fingerprint density at radius 1 is 1.50 bits per heavy atom. The Balaban J connectivity index is 1.87. The molecule has 3 atom stereocenters. The lowest BCUT2D eigenvalue weighted by Gasteiger charge is -2.30. The SMILES string of the molecule is CC1CCC(C2CCNc3c(N)cnn32)O1. The van der Waals surface area contributed by atoms with Gasteiger partial charge in [0, 0.05) is 6.54 Å². The number of nitrogens with one attached hydrogen (secondary N) is 1. The summed E-state index contributed by atoms with van der Waals surface area (Å²) >= 11 is 0. The predicted molar refractivity (Wildman–Crippen MR) is 62.4 cm³/mol. The van der Waals surface area contributed by atoms with E-state index in [0.29, 0.717) is 18.2 Å². The monoisotopic (exact) mass is 222 g/mol. The molecular formula is C11H18N4O. The van der Waals surface area contributed by atoms with Crippen LogP contribution in [0.3, 0.4) is 0 Å². The van der Waals surface area contributed by atoms with Gasteiger partial charge in [-0.15, -0.1) is 0 Å². The molecule has 5 nitrogen and oxygen atoms in total. The topological polar surface area (TPSA) is 65.1 Å². The second-order valence-electron chi connectivity index (χ2n) is 4.74. The average molecular weight is 222 g/mol. The predicted octanol–water partition coefficient (Wildman–Crippen LogP) is 1.39. The molecule has 0 aromatic carbocycles. The minimum absolute atomic E-state index is 0.301. The first-order valence-corrected chi connectivity index (χ1v) is 5.98. The minimum atomic E-state index is 0.301. The Hall–Kier alpha value is -1.23. The molecule has 5 heteroatoms. The van der Waals surface area contributed by atoms with Crippen molar-refractivity contribution in [2.45, 2.75) is 44.4 Å². The lowest BCUT2D eigenvalue weighted by molar-refractivity contribution is 0.0173. The van der Waals surface area contributed by atoms with Crippen LogP contribution in [-0.4, -0.2) is 28.5 Å². The fraction of sp³-hybridized carbons (Fsp3) is 0.727. The molecule has 3 heterocycles. The van der Waals surface area contributed by atoms with Crippen LogP contribution in [0.2, 0.25) is 0 Å². The molecular weight excluding hydrogens is 204 g/mol. The van der Waals surface area contributed by atoms with Crippen molar-refractivity contribution in [2.24, 2.45) is 0 Å². The molecule has 2 aliphatic rings. The van der Waals surface area contributed by atoms with E-state index in [1.165, 1.54) is 0 Å². The molecule has 1 saturated heterocycles. The zero-order chi connectivity index (χ0) is 11.1. The third-order valence-electron chi connectivity index (χ3n) is 3.56. The summed E-state index contributed by atoms with van der Waals surface area (Å²) in [6.07, 6.45) is 5.75. The van der Waals surface area contributed by atoms with Crippen molar-refractivity contribution in [3.63, 3.8) is 0 Å². The normalized spacial score (nSPS) is 33.4. The molecule has 0 bridgehead atoms. The van der Waals surface area contributed by atoms with Crippen molar-refractivity contribution < 1.29 is 4.74 Å². The van der Waals surface area contributed by atoms with E-state index in [1.54, 1.807) is 6.20 Å². The zero-order valence-electron chi connectivity index (χ0n) is 9.52. The van der Waals surface area contributed by atoms with E-state index in [9.17, 15) is 0 Å². The number of hydrogen-bond donors (Lipinski definition) is 2. The summed E-state index contributed by atoms with van der Waals surface area (Å²) in [4.78, 5) is 0. The van der Waals surface area contributed by atoms with Crippen molar-refractivity contribution in [1.82, 2.24) is 9.78 Å². The van der Waals surface area contributed by atoms with Gasteiger partial charge in [-0.25, -0.2) is 4.68 Å². The summed E-state index contributed by atoms with van der Waals surface area (Å²) in [7, 11) is 0. The molecule has 3 unspecified atom stereocenters. The number of ether oxygens (including phenoxy) is 1. The van der Waals surface area contributed by atoms with Crippen molar-refractivity contribution in [2.75, 3.05) is 17.6 Å². The highest BCUT2D eigenvalue weighted by molar-refractivity contribution is 5.61. The third-order valence-corrected chi connectivity index (χ3v) is 3.56. The standard InChI is InChI=1S/C11H18N4O/c1-7-2-3-10(16-7)9-4-5-13-11-8(12)6-14-15(9)11/h6-7,9-10,13H,2-5,12H2,1H3. The molecule has 16 heavy (non-hydrogen) atoms. The van der Waals surface area contributed by atoms with Crippen LogP contribution in [0.25, 0.3) is 0 Å². The summed E-state index contributed by atoms with van der Waals surface area (Å²) in [6, 6.07) is 0.346. The Kier molecular flexibility index (Phi) is 2.28. The number of anilines is 2. The molecule has 0 aliphatic carbocycles. The van der Waals surface area contributed by atoms with E-state index in [0.717, 1.165) is 37.3 Å². The maximum atomic E-state index is 5.94. The van der Waals surface area contributed by atoms with Crippen LogP contribution >= 0.6 is 0 Å². The van der Waals surface area contributed by atoms with Crippen LogP contribution < -0.4 is 11.1 Å². The second kappa shape index (κ2) is 3.66. The van der Waals surface area contributed by atoms with E-state index in [1.807, 2.05) is 4.68 Å². The van der Waals surface area contributed by atoms with Gasteiger partial charge in [0.15, 0.2) is 0 Å². The Morgan fingerprint density at radius 2 is 2.38 bits per heavy atom. The number of aromatic nitrogens is 2. The number of nitrogens with zero attached hydrogens (tertiary/aromatic N) is 2. The second-order valence-corrected chi connectivity index (χ2v) is 4.74. The van der Waals surface area contributed by atoms with Gasteiger partial charge in [0.1, 0.15) is 5.82 Å². The van der Waals surface area contributed by atoms with Crippen LogP contribution in [0.15, 0.2) is 6.20 Å². The highest BCUT2D eigenvalue weighted by atomic mass is 16.5. The Labute approximate surface area is 94.9 Å². The van der Waals surface area contributed by atoms with Crippen LogP contribution in [0.5, 0.6) is 0 Å². The molecule has 0 amide bonds. The molecule has 3 rings (SSSR count). The van der Waals surface area contributed by atoms with E-state index < -0.39 is 0 Å². The van der Waals surface area contributed by atoms with Crippen molar-refractivity contribution in [1.29, 1.82) is 0 Å². The number of rotatable bonds is 1. The van der Waals surface area contributed by atoms with Gasteiger partial charge < -0.3 is 15.8 Å². The first-order valence-electron chi connectivity index (χ1n) is 5.98. The van der Waals surface area contributed by atoms with Gasteiger partial charge >= 0.3 is 0 Å². The van der Waals surface area contributed by atoms with Crippen LogP contribution in [0.4, 0.5) is 11.5 Å². The van der Waals surface area contributed by atoms with Gasteiger partial charge in [-0.05, 0) is 26.2 Å². The molecule has 1 aromatic heterocycles. The number of nitrogen functional groups attached to an aromatic ring is 1. The summed E-state index contributed by atoms with van der Waals surface area (Å²) < 4.78 is 7.94. The van der Waals surface area contributed by atoms with E-state index in [2.05, 4.69) is 17.3 Å². The molecule has 1 aromatic rings. The number of fused-ring (bicyclic) bond motifs is 1. The van der Waals surface area contributed by atoms with Gasteiger partial charge in [-0.1, -0.05) is 0 Å². The van der Waals surface area contributed by atoms with Crippen molar-refractivity contribution >= 4 is 11.5 Å². The minimum Gasteiger partial charge on any atom is -0.394 e. The average Bonchev–Trinajstić information content (AvgIpc) is 2.86. The summed E-state index contributed by atoms with van der Waals surface area (Å²) in [5.41, 5.74) is 6.60. The van der Waals surface area contributed by atoms with E-state index in [4.69, 9.17) is 10.5 Å². The van der Waals surface area contributed by atoms with Gasteiger partial charge in [0.05, 0.1) is 30.1 Å². The van der Waals surface area contributed by atoms with Crippen molar-refractivity contribution in [3.05, 3.63) is 6.20 Å². The Morgan fingerprint density at radius 3 is 3.12 bits per heavy atom. The van der Waals surface area contributed by atoms with E-state index >= 15 is 0 Å². The molecule has 88 valence electrons. The number of nitrogens with two attached hydrogens (primary N) is 1. The summed E-state index contributed by atoms with van der Waals surface area (Å²) in [5.74, 6) is 0.958.